The van der Waals surface area contributed by atoms with Crippen molar-refractivity contribution in [3.63, 3.8) is 0 Å². The first-order valence-electron chi connectivity index (χ1n) is 8.12. The zero-order valence-electron chi connectivity index (χ0n) is 12.3. The standard InChI is InChI=1S/C18H28O/c1-2-3-4-5-6-7-8-12-15-17-18(19-17)16-13-10-9-11-14-16/h9-11,13-14,17-18H,2-8,12,15H2,1H3. The largest absolute Gasteiger partial charge is 0.365 e. The van der Waals surface area contributed by atoms with Crippen molar-refractivity contribution in [3.05, 3.63) is 35.9 Å². The predicted molar refractivity (Wildman–Crippen MR) is 81.3 cm³/mol. The van der Waals surface area contributed by atoms with Gasteiger partial charge >= 0.3 is 0 Å². The van der Waals surface area contributed by atoms with Crippen LogP contribution in [0.1, 0.15) is 76.4 Å². The molecule has 1 aliphatic heterocycles. The molecule has 2 rings (SSSR count). The SMILES string of the molecule is CCCCCCCCCCC1OC1c1ccccc1. The van der Waals surface area contributed by atoms with Gasteiger partial charge < -0.3 is 4.74 Å². The Labute approximate surface area is 118 Å². The molecule has 2 atom stereocenters. The van der Waals surface area contributed by atoms with E-state index in [0.717, 1.165) is 0 Å². The quantitative estimate of drug-likeness (QED) is 0.391. The first-order chi connectivity index (χ1) is 9.42. The van der Waals surface area contributed by atoms with Gasteiger partial charge in [0.05, 0.1) is 6.10 Å². The van der Waals surface area contributed by atoms with Crippen molar-refractivity contribution in [2.24, 2.45) is 0 Å². The minimum Gasteiger partial charge on any atom is -0.365 e. The molecule has 1 fully saturated rings. The van der Waals surface area contributed by atoms with Crippen molar-refractivity contribution in [2.45, 2.75) is 76.9 Å². The Kier molecular flexibility index (Phi) is 6.43. The molecule has 106 valence electrons. The normalized spacial score (nSPS) is 21.5. The molecular weight excluding hydrogens is 232 g/mol. The Morgan fingerprint density at radius 1 is 0.842 bits per heavy atom. The lowest BCUT2D eigenvalue weighted by molar-refractivity contribution is 0.360. The van der Waals surface area contributed by atoms with Gasteiger partial charge in [-0.05, 0) is 12.0 Å². The van der Waals surface area contributed by atoms with Crippen LogP contribution >= 0.6 is 0 Å². The second kappa shape index (κ2) is 8.37. The summed E-state index contributed by atoms with van der Waals surface area (Å²) in [5, 5.41) is 0. The van der Waals surface area contributed by atoms with Crippen molar-refractivity contribution in [2.75, 3.05) is 0 Å². The average Bonchev–Trinajstić information content (AvgIpc) is 3.22. The zero-order chi connectivity index (χ0) is 13.3. The fourth-order valence-electron chi connectivity index (χ4n) is 2.78. The number of hydrogen-bond donors (Lipinski definition) is 0. The monoisotopic (exact) mass is 260 g/mol. The molecule has 1 heterocycles. The first-order valence-corrected chi connectivity index (χ1v) is 8.12. The molecule has 1 saturated heterocycles. The number of rotatable bonds is 10. The van der Waals surface area contributed by atoms with Crippen molar-refractivity contribution in [1.29, 1.82) is 0 Å². The van der Waals surface area contributed by atoms with Crippen LogP contribution in [0.5, 0.6) is 0 Å². The average molecular weight is 260 g/mol. The molecule has 0 saturated carbocycles. The second-order valence-corrected chi connectivity index (χ2v) is 5.77. The molecule has 0 aromatic heterocycles. The molecule has 0 aliphatic carbocycles. The Morgan fingerprint density at radius 2 is 1.47 bits per heavy atom. The van der Waals surface area contributed by atoms with Gasteiger partial charge in [-0.15, -0.1) is 0 Å². The fraction of sp³-hybridized carbons (Fsp3) is 0.667. The van der Waals surface area contributed by atoms with E-state index in [1.165, 1.54) is 63.4 Å². The summed E-state index contributed by atoms with van der Waals surface area (Å²) in [6.07, 6.45) is 13.3. The molecule has 2 unspecified atom stereocenters. The van der Waals surface area contributed by atoms with Gasteiger partial charge in [0.25, 0.3) is 0 Å². The highest BCUT2D eigenvalue weighted by atomic mass is 16.6. The highest BCUT2D eigenvalue weighted by molar-refractivity contribution is 5.22. The number of epoxide rings is 1. The smallest absolute Gasteiger partial charge is 0.109 e. The molecule has 19 heavy (non-hydrogen) atoms. The third kappa shape index (κ3) is 5.36. The lowest BCUT2D eigenvalue weighted by Crippen LogP contribution is -1.89. The van der Waals surface area contributed by atoms with Gasteiger partial charge in [0.15, 0.2) is 0 Å². The third-order valence-corrected chi connectivity index (χ3v) is 4.05. The van der Waals surface area contributed by atoms with E-state index < -0.39 is 0 Å². The maximum atomic E-state index is 5.76. The van der Waals surface area contributed by atoms with E-state index in [2.05, 4.69) is 37.3 Å². The minimum absolute atomic E-state index is 0.394. The molecule has 1 aromatic rings. The Hall–Kier alpha value is -0.820. The summed E-state index contributed by atoms with van der Waals surface area (Å²) in [6.45, 7) is 2.28. The van der Waals surface area contributed by atoms with Crippen LogP contribution in [0, 0.1) is 0 Å². The summed E-state index contributed by atoms with van der Waals surface area (Å²) in [7, 11) is 0. The molecule has 1 aromatic carbocycles. The maximum Gasteiger partial charge on any atom is 0.109 e. The summed E-state index contributed by atoms with van der Waals surface area (Å²) >= 11 is 0. The topological polar surface area (TPSA) is 12.5 Å². The molecule has 1 heteroatoms. The van der Waals surface area contributed by atoms with Crippen molar-refractivity contribution < 1.29 is 4.74 Å². The predicted octanol–water partition coefficient (Wildman–Crippen LogP) is 5.66. The van der Waals surface area contributed by atoms with Crippen LogP contribution in [-0.2, 0) is 4.74 Å². The van der Waals surface area contributed by atoms with Crippen LogP contribution in [0.2, 0.25) is 0 Å². The van der Waals surface area contributed by atoms with Gasteiger partial charge in [0.1, 0.15) is 6.10 Å². The van der Waals surface area contributed by atoms with E-state index in [4.69, 9.17) is 4.74 Å². The molecular formula is C18H28O. The molecule has 0 spiro atoms. The summed E-state index contributed by atoms with van der Waals surface area (Å²) in [4.78, 5) is 0. The van der Waals surface area contributed by atoms with Gasteiger partial charge in [0, 0.05) is 0 Å². The number of hydrogen-bond acceptors (Lipinski definition) is 1. The van der Waals surface area contributed by atoms with E-state index in [-0.39, 0.29) is 0 Å². The molecule has 0 N–H and O–H groups in total. The fourth-order valence-corrected chi connectivity index (χ4v) is 2.78. The third-order valence-electron chi connectivity index (χ3n) is 4.05. The first kappa shape index (κ1) is 14.6. The van der Waals surface area contributed by atoms with E-state index in [1.54, 1.807) is 0 Å². The molecule has 1 aliphatic rings. The van der Waals surface area contributed by atoms with Gasteiger partial charge in [-0.1, -0.05) is 88.6 Å². The molecule has 1 nitrogen and oxygen atoms in total. The Balaban J connectivity index is 1.45. The van der Waals surface area contributed by atoms with Crippen LogP contribution in [0.3, 0.4) is 0 Å². The van der Waals surface area contributed by atoms with Crippen LogP contribution in [0.25, 0.3) is 0 Å². The highest BCUT2D eigenvalue weighted by Gasteiger charge is 2.38. The second-order valence-electron chi connectivity index (χ2n) is 5.77. The lowest BCUT2D eigenvalue weighted by Gasteiger charge is -2.00. The molecule has 0 amide bonds. The maximum absolute atomic E-state index is 5.76. The summed E-state index contributed by atoms with van der Waals surface area (Å²) in [6, 6.07) is 10.6. The van der Waals surface area contributed by atoms with Gasteiger partial charge in [-0.2, -0.15) is 0 Å². The van der Waals surface area contributed by atoms with Crippen molar-refractivity contribution in [1.82, 2.24) is 0 Å². The zero-order valence-corrected chi connectivity index (χ0v) is 12.3. The van der Waals surface area contributed by atoms with Crippen molar-refractivity contribution >= 4 is 0 Å². The van der Waals surface area contributed by atoms with Crippen LogP contribution in [-0.4, -0.2) is 6.10 Å². The van der Waals surface area contributed by atoms with E-state index in [1.807, 2.05) is 0 Å². The molecule has 0 radical (unpaired) electrons. The highest BCUT2D eigenvalue weighted by Crippen LogP contribution is 2.41. The Bertz CT molecular complexity index is 333. The van der Waals surface area contributed by atoms with E-state index >= 15 is 0 Å². The van der Waals surface area contributed by atoms with E-state index in [0.29, 0.717) is 12.2 Å². The Morgan fingerprint density at radius 3 is 2.16 bits per heavy atom. The minimum atomic E-state index is 0.394. The van der Waals surface area contributed by atoms with Crippen LogP contribution < -0.4 is 0 Å². The van der Waals surface area contributed by atoms with Crippen LogP contribution in [0.15, 0.2) is 30.3 Å². The van der Waals surface area contributed by atoms with Crippen molar-refractivity contribution in [3.8, 4) is 0 Å². The lowest BCUT2D eigenvalue weighted by atomic mass is 10.0. The van der Waals surface area contributed by atoms with E-state index in [9.17, 15) is 0 Å². The van der Waals surface area contributed by atoms with Gasteiger partial charge in [-0.25, -0.2) is 0 Å². The summed E-state index contributed by atoms with van der Waals surface area (Å²) in [5.74, 6) is 0. The molecule has 0 bridgehead atoms. The summed E-state index contributed by atoms with van der Waals surface area (Å²) in [5.41, 5.74) is 1.35. The number of ether oxygens (including phenoxy) is 1. The number of benzene rings is 1. The van der Waals surface area contributed by atoms with Gasteiger partial charge in [0.2, 0.25) is 0 Å². The van der Waals surface area contributed by atoms with Gasteiger partial charge in [-0.3, -0.25) is 0 Å². The summed E-state index contributed by atoms with van der Waals surface area (Å²) < 4.78 is 5.76. The number of unbranched alkanes of at least 4 members (excludes halogenated alkanes) is 7. The van der Waals surface area contributed by atoms with Crippen LogP contribution in [0.4, 0.5) is 0 Å².